The van der Waals surface area contributed by atoms with Gasteiger partial charge in [0.15, 0.2) is 0 Å². The number of carboxylic acids is 1. The largest absolute Gasteiger partial charge is 0.480 e. The summed E-state index contributed by atoms with van der Waals surface area (Å²) >= 11 is 24.4. The summed E-state index contributed by atoms with van der Waals surface area (Å²) in [4.78, 5) is 49.8. The van der Waals surface area contributed by atoms with E-state index in [0.29, 0.717) is 15.6 Å². The topological polar surface area (TPSA) is 137 Å². The predicted molar refractivity (Wildman–Crippen MR) is 157 cm³/mol. The zero-order valence-electron chi connectivity index (χ0n) is 21.3. The molecule has 0 radical (unpaired) electrons. The number of urea groups is 1. The van der Waals surface area contributed by atoms with Crippen LogP contribution in [0.2, 0.25) is 20.1 Å². The van der Waals surface area contributed by atoms with E-state index in [9.17, 15) is 24.3 Å². The monoisotopic (exact) mass is 636 g/mol. The molecule has 0 aromatic heterocycles. The molecule has 5 N–H and O–H groups in total. The van der Waals surface area contributed by atoms with Gasteiger partial charge in [0.05, 0.1) is 38.2 Å². The van der Waals surface area contributed by atoms with Crippen molar-refractivity contribution in [1.82, 2.24) is 21.3 Å². The van der Waals surface area contributed by atoms with E-state index in [1.807, 2.05) is 24.3 Å². The van der Waals surface area contributed by atoms with Gasteiger partial charge >= 0.3 is 12.0 Å². The Bertz CT molecular complexity index is 1490. The van der Waals surface area contributed by atoms with Crippen molar-refractivity contribution in [3.8, 4) is 0 Å². The van der Waals surface area contributed by atoms with Gasteiger partial charge in [-0.05, 0) is 53.8 Å². The van der Waals surface area contributed by atoms with Crippen LogP contribution >= 0.6 is 46.4 Å². The van der Waals surface area contributed by atoms with Gasteiger partial charge in [-0.1, -0.05) is 76.7 Å². The number of halogens is 4. The maximum atomic E-state index is 12.9. The molecule has 0 heterocycles. The third-order valence-corrected chi connectivity index (χ3v) is 7.81. The molecular formula is C28H24Cl4N4O5. The molecule has 2 unspecified atom stereocenters. The van der Waals surface area contributed by atoms with E-state index in [0.717, 1.165) is 24.0 Å². The minimum atomic E-state index is -1.48. The fourth-order valence-electron chi connectivity index (χ4n) is 4.40. The van der Waals surface area contributed by atoms with Gasteiger partial charge in [0.25, 0.3) is 11.8 Å². The number of carbonyl (C=O) groups is 4. The molecule has 4 rings (SSSR count). The zero-order valence-corrected chi connectivity index (χ0v) is 24.3. The first kappa shape index (κ1) is 30.5. The Morgan fingerprint density at radius 2 is 1.56 bits per heavy atom. The summed E-state index contributed by atoms with van der Waals surface area (Å²) in [7, 11) is 0. The minimum absolute atomic E-state index is 0.0817. The number of benzene rings is 3. The van der Waals surface area contributed by atoms with Crippen molar-refractivity contribution in [3.05, 3.63) is 103 Å². The van der Waals surface area contributed by atoms with Crippen LogP contribution in [0, 0.1) is 0 Å². The average molecular weight is 638 g/mol. The van der Waals surface area contributed by atoms with Crippen molar-refractivity contribution in [2.45, 2.75) is 31.5 Å². The average Bonchev–Trinajstić information content (AvgIpc) is 3.33. The molecule has 2 atom stereocenters. The summed E-state index contributed by atoms with van der Waals surface area (Å²) < 4.78 is 0. The lowest BCUT2D eigenvalue weighted by atomic mass is 10.1. The van der Waals surface area contributed by atoms with Gasteiger partial charge in [-0.15, -0.1) is 0 Å². The Kier molecular flexibility index (Phi) is 9.99. The van der Waals surface area contributed by atoms with Gasteiger partial charge in [-0.2, -0.15) is 0 Å². The van der Waals surface area contributed by atoms with Crippen LogP contribution in [0.3, 0.4) is 0 Å². The lowest BCUT2D eigenvalue weighted by Crippen LogP contribution is -2.50. The van der Waals surface area contributed by atoms with Gasteiger partial charge in [-0.3, -0.25) is 9.59 Å². The number of aliphatic carboxylic acids is 1. The number of rotatable bonds is 9. The summed E-state index contributed by atoms with van der Waals surface area (Å²) in [5, 5.41) is 20.3. The summed E-state index contributed by atoms with van der Waals surface area (Å²) in [5.41, 5.74) is 2.74. The van der Waals surface area contributed by atoms with Gasteiger partial charge in [-0.25, -0.2) is 9.59 Å². The Morgan fingerprint density at radius 1 is 0.854 bits per heavy atom. The number of carboxylic acid groups (broad SMARTS) is 1. The van der Waals surface area contributed by atoms with Gasteiger partial charge < -0.3 is 26.4 Å². The first-order valence-electron chi connectivity index (χ1n) is 12.4. The summed E-state index contributed by atoms with van der Waals surface area (Å²) in [6, 6.07) is 12.9. The highest BCUT2D eigenvalue weighted by Gasteiger charge is 2.27. The Labute approximate surface area is 255 Å². The molecular weight excluding hydrogens is 614 g/mol. The van der Waals surface area contributed by atoms with E-state index in [1.54, 1.807) is 18.2 Å². The highest BCUT2D eigenvalue weighted by molar-refractivity contribution is 6.42. The van der Waals surface area contributed by atoms with Crippen molar-refractivity contribution in [3.63, 3.8) is 0 Å². The first-order valence-corrected chi connectivity index (χ1v) is 13.9. The van der Waals surface area contributed by atoms with E-state index < -0.39 is 36.4 Å². The van der Waals surface area contributed by atoms with Crippen LogP contribution < -0.4 is 21.3 Å². The summed E-state index contributed by atoms with van der Waals surface area (Å²) in [6.45, 7) is -0.257. The van der Waals surface area contributed by atoms with Crippen LogP contribution in [0.5, 0.6) is 0 Å². The normalized spacial score (nSPS) is 14.5. The maximum Gasteiger partial charge on any atom is 0.328 e. The Balaban J connectivity index is 1.35. The minimum Gasteiger partial charge on any atom is -0.480 e. The molecule has 4 amide bonds. The second-order valence-corrected chi connectivity index (χ2v) is 10.9. The van der Waals surface area contributed by atoms with Crippen LogP contribution in [-0.4, -0.2) is 41.5 Å². The van der Waals surface area contributed by atoms with Gasteiger partial charge in [0.2, 0.25) is 0 Å². The second-order valence-electron chi connectivity index (χ2n) is 9.25. The Hall–Kier alpha value is -3.50. The van der Waals surface area contributed by atoms with Crippen LogP contribution in [0.15, 0.2) is 54.6 Å². The SMILES string of the molecule is O=C(NCC(NC(=O)c1c(Cl)cc(C(=O)NCc2ccc(Cl)c(Cl)c2)cc1Cl)C(=O)O)NC1CCc2ccccc21. The van der Waals surface area contributed by atoms with Crippen molar-refractivity contribution >= 4 is 70.2 Å². The molecule has 0 saturated carbocycles. The van der Waals surface area contributed by atoms with E-state index in [4.69, 9.17) is 46.4 Å². The third-order valence-electron chi connectivity index (χ3n) is 6.48. The molecule has 3 aromatic rings. The molecule has 214 valence electrons. The highest BCUT2D eigenvalue weighted by atomic mass is 35.5. The van der Waals surface area contributed by atoms with Crippen LogP contribution in [0.25, 0.3) is 0 Å². The number of fused-ring (bicyclic) bond motifs is 1. The highest BCUT2D eigenvalue weighted by Crippen LogP contribution is 2.30. The van der Waals surface area contributed by atoms with Crippen LogP contribution in [-0.2, 0) is 17.8 Å². The number of hydrogen-bond acceptors (Lipinski definition) is 4. The first-order chi connectivity index (χ1) is 19.5. The molecule has 0 saturated heterocycles. The van der Waals surface area contributed by atoms with E-state index >= 15 is 0 Å². The molecule has 0 fully saturated rings. The molecule has 1 aliphatic rings. The van der Waals surface area contributed by atoms with Crippen LogP contribution in [0.4, 0.5) is 4.79 Å². The maximum absolute atomic E-state index is 12.9. The van der Waals surface area contributed by atoms with Crippen molar-refractivity contribution in [2.24, 2.45) is 0 Å². The number of aryl methyl sites for hydroxylation is 1. The van der Waals surface area contributed by atoms with Crippen LogP contribution in [0.1, 0.15) is 49.9 Å². The predicted octanol–water partition coefficient (Wildman–Crippen LogP) is 5.40. The number of amides is 4. The molecule has 1 aliphatic carbocycles. The molecule has 0 aliphatic heterocycles. The third kappa shape index (κ3) is 7.62. The number of nitrogens with one attached hydrogen (secondary N) is 4. The number of hydrogen-bond donors (Lipinski definition) is 5. The molecule has 41 heavy (non-hydrogen) atoms. The molecule has 9 nitrogen and oxygen atoms in total. The quantitative estimate of drug-likeness (QED) is 0.214. The fraction of sp³-hybridized carbons (Fsp3) is 0.214. The zero-order chi connectivity index (χ0) is 29.7. The molecule has 3 aromatic carbocycles. The van der Waals surface area contributed by atoms with Crippen molar-refractivity contribution < 1.29 is 24.3 Å². The lowest BCUT2D eigenvalue weighted by Gasteiger charge is -2.19. The summed E-state index contributed by atoms with van der Waals surface area (Å²) in [6.07, 6.45) is 1.56. The van der Waals surface area contributed by atoms with E-state index in [2.05, 4.69) is 21.3 Å². The Morgan fingerprint density at radius 3 is 2.24 bits per heavy atom. The van der Waals surface area contributed by atoms with E-state index in [-0.39, 0.29) is 33.8 Å². The number of carbonyl (C=O) groups excluding carboxylic acids is 3. The standard InChI is InChI=1S/C28H24Cl4N4O5/c29-18-7-5-14(9-19(18)30)12-33-25(37)16-10-20(31)24(21(32)11-16)26(38)35-23(27(39)40)13-34-28(41)36-22-8-6-15-3-1-2-4-17(15)22/h1-5,7,9-11,22-23H,6,8,12-13H2,(H,33,37)(H,35,38)(H,39,40)(H2,34,36,41). The molecule has 13 heteroatoms. The smallest absolute Gasteiger partial charge is 0.328 e. The molecule has 0 bridgehead atoms. The van der Waals surface area contributed by atoms with Crippen molar-refractivity contribution in [2.75, 3.05) is 6.54 Å². The lowest BCUT2D eigenvalue weighted by molar-refractivity contribution is -0.139. The molecule has 0 spiro atoms. The summed E-state index contributed by atoms with van der Waals surface area (Å²) in [5.74, 6) is -2.78. The van der Waals surface area contributed by atoms with Gasteiger partial charge in [0.1, 0.15) is 6.04 Å². The van der Waals surface area contributed by atoms with E-state index in [1.165, 1.54) is 12.1 Å². The second kappa shape index (κ2) is 13.4. The fourth-order valence-corrected chi connectivity index (χ4v) is 5.38. The van der Waals surface area contributed by atoms with Gasteiger partial charge in [0, 0.05) is 12.1 Å². The van der Waals surface area contributed by atoms with Crippen molar-refractivity contribution in [1.29, 1.82) is 0 Å².